The lowest BCUT2D eigenvalue weighted by molar-refractivity contribution is 0.100. The number of primary amides is 1. The number of nitrogens with zero attached hydrogens (tertiary/aromatic N) is 2. The van der Waals surface area contributed by atoms with E-state index in [4.69, 9.17) is 11.5 Å². The zero-order valence-corrected chi connectivity index (χ0v) is 15.6. The van der Waals surface area contributed by atoms with Gasteiger partial charge in [0.05, 0.1) is 0 Å². The Balaban J connectivity index is 0.00000243. The average Bonchev–Trinajstić information content (AvgIpc) is 2.57. The molecular weight excluding hydrogens is 352 g/mol. The number of halogens is 1. The van der Waals surface area contributed by atoms with Crippen molar-refractivity contribution in [1.29, 1.82) is 0 Å². The highest BCUT2D eigenvalue weighted by molar-refractivity contribution is 5.98. The molecule has 140 valence electrons. The van der Waals surface area contributed by atoms with E-state index in [0.29, 0.717) is 11.8 Å². The fourth-order valence-electron chi connectivity index (χ4n) is 3.09. The number of amides is 1. The quantitative estimate of drug-likeness (QED) is 0.637. The lowest BCUT2D eigenvalue weighted by Gasteiger charge is -2.29. The van der Waals surface area contributed by atoms with Crippen molar-refractivity contribution in [1.82, 2.24) is 9.97 Å². The zero-order valence-electron chi connectivity index (χ0n) is 14.7. The van der Waals surface area contributed by atoms with E-state index in [2.05, 4.69) is 20.6 Å². The van der Waals surface area contributed by atoms with Gasteiger partial charge < -0.3 is 22.1 Å². The molecule has 1 heterocycles. The molecule has 1 aliphatic rings. The lowest BCUT2D eigenvalue weighted by Crippen LogP contribution is -2.43. The van der Waals surface area contributed by atoms with Gasteiger partial charge >= 0.3 is 0 Å². The van der Waals surface area contributed by atoms with Gasteiger partial charge in [0.2, 0.25) is 5.95 Å². The first-order chi connectivity index (χ1) is 12.0. The molecule has 8 heteroatoms. The summed E-state index contributed by atoms with van der Waals surface area (Å²) in [6.45, 7) is 2.00. The number of rotatable bonds is 5. The van der Waals surface area contributed by atoms with Crippen LogP contribution in [0.1, 0.15) is 41.6 Å². The van der Waals surface area contributed by atoms with Gasteiger partial charge in [-0.2, -0.15) is 4.98 Å². The Hall–Kier alpha value is -2.38. The highest BCUT2D eigenvalue weighted by Gasteiger charge is 2.23. The van der Waals surface area contributed by atoms with E-state index in [1.165, 1.54) is 6.20 Å². The number of benzene rings is 1. The second-order valence-corrected chi connectivity index (χ2v) is 6.51. The number of hydrogen-bond acceptors (Lipinski definition) is 6. The molecule has 7 nitrogen and oxygen atoms in total. The molecule has 0 unspecified atom stereocenters. The number of nitrogens with two attached hydrogens (primary N) is 2. The second kappa shape index (κ2) is 8.82. The summed E-state index contributed by atoms with van der Waals surface area (Å²) in [6, 6.07) is 8.03. The van der Waals surface area contributed by atoms with Gasteiger partial charge in [-0.3, -0.25) is 4.79 Å². The van der Waals surface area contributed by atoms with E-state index in [-0.39, 0.29) is 30.1 Å². The van der Waals surface area contributed by atoms with Crippen molar-refractivity contribution in [3.63, 3.8) is 0 Å². The van der Waals surface area contributed by atoms with Crippen molar-refractivity contribution in [3.8, 4) is 0 Å². The van der Waals surface area contributed by atoms with Crippen LogP contribution in [0.2, 0.25) is 0 Å². The van der Waals surface area contributed by atoms with E-state index in [9.17, 15) is 4.79 Å². The Morgan fingerprint density at radius 2 is 2.04 bits per heavy atom. The fraction of sp³-hybridized carbons (Fsp3) is 0.389. The lowest BCUT2D eigenvalue weighted by atomic mass is 9.91. The first kappa shape index (κ1) is 19.9. The van der Waals surface area contributed by atoms with Gasteiger partial charge in [0.1, 0.15) is 11.4 Å². The molecule has 2 aromatic rings. The van der Waals surface area contributed by atoms with Crippen LogP contribution in [0.15, 0.2) is 30.5 Å². The standard InChI is InChI=1S/C18H24N6O.ClH/c1-11-5-4-6-12(9-11)22-17-13(16(20)25)10-21-18(24-17)23-15-8-3-2-7-14(15)19;/h4-6,9-10,14-15H,2-3,7-8,19H2,1H3,(H2,20,25)(H2,21,22,23,24);1H/t14-,15+;/m1./s1. The Kier molecular flexibility index (Phi) is 6.76. The van der Waals surface area contributed by atoms with Crippen LogP contribution in [0.4, 0.5) is 17.5 Å². The normalized spacial score (nSPS) is 19.3. The molecule has 0 aliphatic heterocycles. The Bertz CT molecular complexity index is 769. The first-order valence-corrected chi connectivity index (χ1v) is 8.55. The van der Waals surface area contributed by atoms with Gasteiger partial charge in [-0.15, -0.1) is 12.4 Å². The van der Waals surface area contributed by atoms with Crippen LogP contribution < -0.4 is 22.1 Å². The predicted molar refractivity (Wildman–Crippen MR) is 106 cm³/mol. The summed E-state index contributed by atoms with van der Waals surface area (Å²) in [4.78, 5) is 20.4. The SMILES string of the molecule is Cc1cccc(Nc2nc(N[C@H]3CCCC[C@H]3N)ncc2C(N)=O)c1.Cl. The molecular formula is C18H25ClN6O. The molecule has 1 saturated carbocycles. The third kappa shape index (κ3) is 4.83. The minimum atomic E-state index is -0.573. The summed E-state index contributed by atoms with van der Waals surface area (Å²) in [5.74, 6) is 0.263. The van der Waals surface area contributed by atoms with Crippen molar-refractivity contribution < 1.29 is 4.79 Å². The smallest absolute Gasteiger partial charge is 0.254 e. The maximum Gasteiger partial charge on any atom is 0.254 e. The van der Waals surface area contributed by atoms with Crippen LogP contribution in [0.25, 0.3) is 0 Å². The van der Waals surface area contributed by atoms with Crippen LogP contribution >= 0.6 is 12.4 Å². The molecule has 1 fully saturated rings. The van der Waals surface area contributed by atoms with Gasteiger partial charge in [-0.1, -0.05) is 25.0 Å². The van der Waals surface area contributed by atoms with E-state index in [1.54, 1.807) is 0 Å². The van der Waals surface area contributed by atoms with Gasteiger partial charge in [0, 0.05) is 24.0 Å². The van der Waals surface area contributed by atoms with E-state index in [1.807, 2.05) is 31.2 Å². The third-order valence-electron chi connectivity index (χ3n) is 4.47. The molecule has 1 amide bonds. The van der Waals surface area contributed by atoms with Crippen LogP contribution in [-0.2, 0) is 0 Å². The Morgan fingerprint density at radius 1 is 1.27 bits per heavy atom. The van der Waals surface area contributed by atoms with E-state index < -0.39 is 5.91 Å². The van der Waals surface area contributed by atoms with Crippen LogP contribution in [0.3, 0.4) is 0 Å². The first-order valence-electron chi connectivity index (χ1n) is 8.55. The second-order valence-electron chi connectivity index (χ2n) is 6.51. The maximum atomic E-state index is 11.7. The number of aryl methyl sites for hydroxylation is 1. The number of anilines is 3. The molecule has 1 aliphatic carbocycles. The van der Waals surface area contributed by atoms with Gasteiger partial charge in [-0.05, 0) is 37.5 Å². The van der Waals surface area contributed by atoms with Crippen LogP contribution in [0.5, 0.6) is 0 Å². The highest BCUT2D eigenvalue weighted by Crippen LogP contribution is 2.23. The summed E-state index contributed by atoms with van der Waals surface area (Å²) < 4.78 is 0. The van der Waals surface area contributed by atoms with Gasteiger partial charge in [-0.25, -0.2) is 4.98 Å². The van der Waals surface area contributed by atoms with E-state index in [0.717, 1.165) is 36.9 Å². The van der Waals surface area contributed by atoms with Crippen molar-refractivity contribution in [2.45, 2.75) is 44.7 Å². The number of aromatic nitrogens is 2. The molecule has 26 heavy (non-hydrogen) atoms. The largest absolute Gasteiger partial charge is 0.365 e. The molecule has 1 aromatic heterocycles. The van der Waals surface area contributed by atoms with E-state index >= 15 is 0 Å². The topological polar surface area (TPSA) is 119 Å². The summed E-state index contributed by atoms with van der Waals surface area (Å²) in [6.07, 6.45) is 5.72. The Morgan fingerprint density at radius 3 is 2.73 bits per heavy atom. The molecule has 0 radical (unpaired) electrons. The van der Waals surface area contributed by atoms with Crippen molar-refractivity contribution in [2.24, 2.45) is 11.5 Å². The maximum absolute atomic E-state index is 11.7. The molecule has 0 bridgehead atoms. The van der Waals surface area contributed by atoms with Crippen LogP contribution in [-0.4, -0.2) is 28.0 Å². The molecule has 0 spiro atoms. The monoisotopic (exact) mass is 376 g/mol. The number of carbonyl (C=O) groups excluding carboxylic acids is 1. The third-order valence-corrected chi connectivity index (χ3v) is 4.47. The number of carbonyl (C=O) groups is 1. The minimum Gasteiger partial charge on any atom is -0.365 e. The van der Waals surface area contributed by atoms with Crippen molar-refractivity contribution in [3.05, 3.63) is 41.6 Å². The van der Waals surface area contributed by atoms with Crippen LogP contribution in [0, 0.1) is 6.92 Å². The van der Waals surface area contributed by atoms with Crippen molar-refractivity contribution >= 4 is 35.8 Å². The Labute approximate surface area is 159 Å². The molecule has 0 saturated heterocycles. The molecule has 1 aromatic carbocycles. The average molecular weight is 377 g/mol. The van der Waals surface area contributed by atoms with Gasteiger partial charge in [0.15, 0.2) is 0 Å². The molecule has 6 N–H and O–H groups in total. The zero-order chi connectivity index (χ0) is 17.8. The minimum absolute atomic E-state index is 0. The summed E-state index contributed by atoms with van der Waals surface area (Å²) in [7, 11) is 0. The summed E-state index contributed by atoms with van der Waals surface area (Å²) in [5, 5.41) is 6.46. The number of nitrogens with one attached hydrogen (secondary N) is 2. The van der Waals surface area contributed by atoms with Gasteiger partial charge in [0.25, 0.3) is 5.91 Å². The summed E-state index contributed by atoms with van der Waals surface area (Å²) >= 11 is 0. The van der Waals surface area contributed by atoms with Crippen molar-refractivity contribution in [2.75, 3.05) is 10.6 Å². The fourth-order valence-corrected chi connectivity index (χ4v) is 3.09. The molecule has 3 rings (SSSR count). The molecule has 2 atom stereocenters. The number of hydrogen-bond donors (Lipinski definition) is 4. The summed E-state index contributed by atoms with van der Waals surface area (Å²) in [5.41, 5.74) is 13.8. The highest BCUT2D eigenvalue weighted by atomic mass is 35.5. The predicted octanol–water partition coefficient (Wildman–Crippen LogP) is 2.73.